The number of ketones is 1. The Hall–Kier alpha value is -0.900. The van der Waals surface area contributed by atoms with Crippen molar-refractivity contribution in [1.29, 1.82) is 0 Å². The molecule has 1 N–H and O–H groups in total. The number of carbonyl (C=O) groups is 2. The lowest BCUT2D eigenvalue weighted by Gasteiger charge is -2.19. The Kier molecular flexibility index (Phi) is 3.63. The van der Waals surface area contributed by atoms with E-state index in [4.69, 9.17) is 0 Å². The van der Waals surface area contributed by atoms with Crippen LogP contribution in [0.5, 0.6) is 0 Å². The van der Waals surface area contributed by atoms with Crippen LogP contribution in [0.3, 0.4) is 0 Å². The van der Waals surface area contributed by atoms with Crippen molar-refractivity contribution >= 4 is 11.7 Å². The van der Waals surface area contributed by atoms with Gasteiger partial charge >= 0.3 is 0 Å². The van der Waals surface area contributed by atoms with Crippen molar-refractivity contribution in [2.75, 3.05) is 6.54 Å². The first-order valence-corrected chi connectivity index (χ1v) is 5.00. The van der Waals surface area contributed by atoms with E-state index in [0.29, 0.717) is 25.8 Å². The quantitative estimate of drug-likeness (QED) is 0.719. The number of aliphatic hydroxyl groups is 1. The van der Waals surface area contributed by atoms with E-state index in [1.54, 1.807) is 0 Å². The Morgan fingerprint density at radius 3 is 2.71 bits per heavy atom. The van der Waals surface area contributed by atoms with Gasteiger partial charge in [-0.1, -0.05) is 6.92 Å². The normalized spacial score (nSPS) is 27.1. The zero-order valence-electron chi connectivity index (χ0n) is 8.69. The highest BCUT2D eigenvalue weighted by Gasteiger charge is 2.34. The van der Waals surface area contributed by atoms with Crippen LogP contribution in [0.2, 0.25) is 0 Å². The number of likely N-dealkylation sites (tertiary alicyclic amines) is 1. The molecule has 1 aliphatic rings. The molecule has 1 heterocycles. The molecular weight excluding hydrogens is 182 g/mol. The molecule has 1 saturated heterocycles. The number of amides is 1. The van der Waals surface area contributed by atoms with Gasteiger partial charge in [0.15, 0.2) is 0 Å². The molecule has 1 rings (SSSR count). The van der Waals surface area contributed by atoms with E-state index in [0.717, 1.165) is 0 Å². The minimum atomic E-state index is -0.649. The molecule has 4 nitrogen and oxygen atoms in total. The van der Waals surface area contributed by atoms with Crippen LogP contribution < -0.4 is 0 Å². The first kappa shape index (κ1) is 11.2. The van der Waals surface area contributed by atoms with Crippen LogP contribution in [0.4, 0.5) is 0 Å². The molecule has 0 aliphatic carbocycles. The smallest absolute Gasteiger partial charge is 0.227 e. The van der Waals surface area contributed by atoms with Gasteiger partial charge in [-0.2, -0.15) is 0 Å². The molecule has 0 bridgehead atoms. The monoisotopic (exact) mass is 199 g/mol. The van der Waals surface area contributed by atoms with Gasteiger partial charge in [0.05, 0.1) is 0 Å². The van der Waals surface area contributed by atoms with Crippen LogP contribution in [0, 0.1) is 5.92 Å². The van der Waals surface area contributed by atoms with Crippen molar-refractivity contribution in [3.8, 4) is 0 Å². The Balaban J connectivity index is 2.37. The summed E-state index contributed by atoms with van der Waals surface area (Å²) in [5, 5.41) is 9.52. The molecule has 0 spiro atoms. The molecule has 1 fully saturated rings. The molecule has 80 valence electrons. The van der Waals surface area contributed by atoms with Crippen molar-refractivity contribution in [3.05, 3.63) is 0 Å². The SMILES string of the molecule is CC(=O)CCCN1C(=O)C(C)CC1O. The molecule has 14 heavy (non-hydrogen) atoms. The maximum Gasteiger partial charge on any atom is 0.227 e. The fraction of sp³-hybridized carbons (Fsp3) is 0.800. The summed E-state index contributed by atoms with van der Waals surface area (Å²) in [7, 11) is 0. The molecule has 0 aromatic carbocycles. The second kappa shape index (κ2) is 4.55. The van der Waals surface area contributed by atoms with Crippen molar-refractivity contribution in [1.82, 2.24) is 4.90 Å². The molecule has 0 radical (unpaired) electrons. The lowest BCUT2D eigenvalue weighted by atomic mass is 10.1. The summed E-state index contributed by atoms with van der Waals surface area (Å²) >= 11 is 0. The third kappa shape index (κ3) is 2.54. The second-order valence-electron chi connectivity index (χ2n) is 3.95. The van der Waals surface area contributed by atoms with E-state index in [1.807, 2.05) is 6.92 Å². The summed E-state index contributed by atoms with van der Waals surface area (Å²) in [6.07, 6.45) is 0.985. The number of rotatable bonds is 4. The number of carbonyl (C=O) groups excluding carboxylic acids is 2. The zero-order valence-corrected chi connectivity index (χ0v) is 8.69. The number of Topliss-reactive ketones (excluding diaryl/α,β-unsaturated/α-hetero) is 1. The van der Waals surface area contributed by atoms with E-state index in [-0.39, 0.29) is 17.6 Å². The number of aliphatic hydroxyl groups excluding tert-OH is 1. The highest BCUT2D eigenvalue weighted by molar-refractivity contribution is 5.81. The Labute approximate surface area is 83.9 Å². The largest absolute Gasteiger partial charge is 0.374 e. The average molecular weight is 199 g/mol. The Bertz CT molecular complexity index is 240. The van der Waals surface area contributed by atoms with Crippen molar-refractivity contribution in [2.24, 2.45) is 5.92 Å². The predicted molar refractivity (Wildman–Crippen MR) is 51.4 cm³/mol. The van der Waals surface area contributed by atoms with Crippen molar-refractivity contribution in [3.63, 3.8) is 0 Å². The summed E-state index contributed by atoms with van der Waals surface area (Å²) in [6, 6.07) is 0. The van der Waals surface area contributed by atoms with Gasteiger partial charge in [0, 0.05) is 25.3 Å². The van der Waals surface area contributed by atoms with E-state index in [9.17, 15) is 14.7 Å². The molecule has 2 atom stereocenters. The van der Waals surface area contributed by atoms with E-state index >= 15 is 0 Å². The van der Waals surface area contributed by atoms with Crippen LogP contribution >= 0.6 is 0 Å². The van der Waals surface area contributed by atoms with Gasteiger partial charge in [0.2, 0.25) is 5.91 Å². The molecular formula is C10H17NO3. The predicted octanol–water partition coefficient (Wildman–Crippen LogP) is 0.542. The fourth-order valence-corrected chi connectivity index (χ4v) is 1.73. The maximum atomic E-state index is 11.5. The molecule has 1 aliphatic heterocycles. The van der Waals surface area contributed by atoms with E-state index in [1.165, 1.54) is 11.8 Å². The summed E-state index contributed by atoms with van der Waals surface area (Å²) < 4.78 is 0. The topological polar surface area (TPSA) is 57.6 Å². The standard InChI is InChI=1S/C10H17NO3/c1-7-6-9(13)11(10(7)14)5-3-4-8(2)12/h7,9,13H,3-6H2,1-2H3. The maximum absolute atomic E-state index is 11.5. The van der Waals surface area contributed by atoms with Gasteiger partial charge in [-0.15, -0.1) is 0 Å². The number of nitrogens with zero attached hydrogens (tertiary/aromatic N) is 1. The molecule has 0 saturated carbocycles. The third-order valence-electron chi connectivity index (χ3n) is 2.56. The minimum Gasteiger partial charge on any atom is -0.374 e. The fourth-order valence-electron chi connectivity index (χ4n) is 1.73. The van der Waals surface area contributed by atoms with E-state index in [2.05, 4.69) is 0 Å². The number of hydrogen-bond acceptors (Lipinski definition) is 3. The van der Waals surface area contributed by atoms with Gasteiger partial charge in [-0.25, -0.2) is 0 Å². The minimum absolute atomic E-state index is 0.000974. The van der Waals surface area contributed by atoms with Gasteiger partial charge in [0.25, 0.3) is 0 Å². The van der Waals surface area contributed by atoms with Crippen LogP contribution in [-0.2, 0) is 9.59 Å². The first-order valence-electron chi connectivity index (χ1n) is 5.00. The third-order valence-corrected chi connectivity index (χ3v) is 2.56. The van der Waals surface area contributed by atoms with Gasteiger partial charge < -0.3 is 14.8 Å². The summed E-state index contributed by atoms with van der Waals surface area (Å²) in [5.74, 6) is 0.0440. The highest BCUT2D eigenvalue weighted by atomic mass is 16.3. The molecule has 2 unspecified atom stereocenters. The first-order chi connectivity index (χ1) is 6.52. The lowest BCUT2D eigenvalue weighted by molar-refractivity contribution is -0.135. The van der Waals surface area contributed by atoms with E-state index < -0.39 is 6.23 Å². The van der Waals surface area contributed by atoms with Crippen LogP contribution in [0.1, 0.15) is 33.1 Å². The van der Waals surface area contributed by atoms with Crippen molar-refractivity contribution < 1.29 is 14.7 Å². The van der Waals surface area contributed by atoms with Crippen molar-refractivity contribution in [2.45, 2.75) is 39.3 Å². The van der Waals surface area contributed by atoms with Crippen LogP contribution in [-0.4, -0.2) is 34.5 Å². The lowest BCUT2D eigenvalue weighted by Crippen LogP contribution is -2.34. The highest BCUT2D eigenvalue weighted by Crippen LogP contribution is 2.22. The molecule has 0 aromatic rings. The van der Waals surface area contributed by atoms with Gasteiger partial charge in [-0.3, -0.25) is 4.79 Å². The van der Waals surface area contributed by atoms with Gasteiger partial charge in [0.1, 0.15) is 12.0 Å². The number of hydrogen-bond donors (Lipinski definition) is 1. The second-order valence-corrected chi connectivity index (χ2v) is 3.95. The van der Waals surface area contributed by atoms with Crippen LogP contribution in [0.25, 0.3) is 0 Å². The van der Waals surface area contributed by atoms with Crippen LogP contribution in [0.15, 0.2) is 0 Å². The Morgan fingerprint density at radius 2 is 2.29 bits per heavy atom. The summed E-state index contributed by atoms with van der Waals surface area (Å²) in [5.41, 5.74) is 0. The molecule has 0 aromatic heterocycles. The average Bonchev–Trinajstić information content (AvgIpc) is 2.31. The Morgan fingerprint density at radius 1 is 1.64 bits per heavy atom. The zero-order chi connectivity index (χ0) is 10.7. The summed E-state index contributed by atoms with van der Waals surface area (Å²) in [4.78, 5) is 23.6. The molecule has 1 amide bonds. The van der Waals surface area contributed by atoms with Gasteiger partial charge in [-0.05, 0) is 13.3 Å². The molecule has 4 heteroatoms. The summed E-state index contributed by atoms with van der Waals surface area (Å²) in [6.45, 7) is 3.84.